The van der Waals surface area contributed by atoms with Gasteiger partial charge < -0.3 is 14.9 Å². The summed E-state index contributed by atoms with van der Waals surface area (Å²) in [4.78, 5) is 33.8. The van der Waals surface area contributed by atoms with Crippen LogP contribution in [-0.4, -0.2) is 40.8 Å². The van der Waals surface area contributed by atoms with Gasteiger partial charge in [0.05, 0.1) is 11.6 Å². The molecule has 1 atom stereocenters. The zero-order valence-corrected chi connectivity index (χ0v) is 18.3. The molecule has 6 heteroatoms. The van der Waals surface area contributed by atoms with Crippen molar-refractivity contribution in [3.63, 3.8) is 0 Å². The summed E-state index contributed by atoms with van der Waals surface area (Å²) in [6, 6.07) is 17.8. The number of Topliss-reactive ketones (excluding diaryl/α,β-unsaturated/α-hetero) is 1. The van der Waals surface area contributed by atoms with E-state index in [4.69, 9.17) is 0 Å². The highest BCUT2D eigenvalue weighted by Crippen LogP contribution is 2.40. The van der Waals surface area contributed by atoms with Gasteiger partial charge in [0.2, 0.25) is 0 Å². The minimum atomic E-state index is -0.701. The van der Waals surface area contributed by atoms with Gasteiger partial charge in [-0.25, -0.2) is 0 Å². The van der Waals surface area contributed by atoms with Crippen molar-refractivity contribution in [3.05, 3.63) is 101 Å². The molecule has 3 aromatic rings. The first-order chi connectivity index (χ1) is 15.4. The first-order valence-electron chi connectivity index (χ1n) is 10.4. The number of ketones is 1. The van der Waals surface area contributed by atoms with E-state index in [1.807, 2.05) is 68.4 Å². The summed E-state index contributed by atoms with van der Waals surface area (Å²) >= 11 is 0. The molecule has 4 rings (SSSR count). The second-order valence-electron chi connectivity index (χ2n) is 8.14. The third-order valence-corrected chi connectivity index (χ3v) is 5.67. The maximum atomic E-state index is 13.1. The third-order valence-electron chi connectivity index (χ3n) is 5.67. The summed E-state index contributed by atoms with van der Waals surface area (Å²) in [5.41, 5.74) is 4.20. The number of carbonyl (C=O) groups excluding carboxylic acids is 2. The number of nitrogens with zero attached hydrogens (tertiary/aromatic N) is 3. The first kappa shape index (κ1) is 21.3. The molecule has 0 bridgehead atoms. The zero-order valence-electron chi connectivity index (χ0n) is 18.3. The lowest BCUT2D eigenvalue weighted by atomic mass is 9.94. The number of hydrogen-bond acceptors (Lipinski definition) is 5. The van der Waals surface area contributed by atoms with Crippen LogP contribution >= 0.6 is 0 Å². The number of hydrogen-bond donors (Lipinski definition) is 1. The monoisotopic (exact) mass is 427 g/mol. The lowest BCUT2D eigenvalue weighted by molar-refractivity contribution is -0.140. The van der Waals surface area contributed by atoms with E-state index in [9.17, 15) is 14.7 Å². The minimum Gasteiger partial charge on any atom is -0.507 e. The van der Waals surface area contributed by atoms with Crippen molar-refractivity contribution >= 4 is 23.1 Å². The molecule has 2 heterocycles. The molecule has 1 unspecified atom stereocenters. The van der Waals surface area contributed by atoms with Gasteiger partial charge in [-0.15, -0.1) is 0 Å². The van der Waals surface area contributed by atoms with Crippen LogP contribution in [0, 0.1) is 6.92 Å². The van der Waals surface area contributed by atoms with E-state index in [2.05, 4.69) is 4.98 Å². The predicted molar refractivity (Wildman–Crippen MR) is 124 cm³/mol. The molecule has 6 nitrogen and oxygen atoms in total. The van der Waals surface area contributed by atoms with Gasteiger partial charge in [-0.05, 0) is 36.2 Å². The average molecular weight is 428 g/mol. The Kier molecular flexibility index (Phi) is 5.77. The van der Waals surface area contributed by atoms with Crippen LogP contribution in [0.2, 0.25) is 0 Å². The lowest BCUT2D eigenvalue weighted by Crippen LogP contribution is -2.29. The number of anilines is 1. The maximum absolute atomic E-state index is 13.1. The molecule has 1 aromatic heterocycles. The summed E-state index contributed by atoms with van der Waals surface area (Å²) in [5, 5.41) is 11.1. The van der Waals surface area contributed by atoms with Crippen LogP contribution in [0.1, 0.15) is 28.3 Å². The van der Waals surface area contributed by atoms with Crippen molar-refractivity contribution in [1.82, 2.24) is 9.88 Å². The number of amides is 1. The molecule has 0 saturated carbocycles. The summed E-state index contributed by atoms with van der Waals surface area (Å²) in [6.45, 7) is 2.16. The van der Waals surface area contributed by atoms with Crippen molar-refractivity contribution in [3.8, 4) is 0 Å². The number of likely N-dealkylation sites (tertiary alicyclic amines) is 1. The number of aliphatic hydroxyl groups excluding tert-OH is 1. The zero-order chi connectivity index (χ0) is 22.8. The quantitative estimate of drug-likeness (QED) is 0.377. The Morgan fingerprint density at radius 2 is 1.72 bits per heavy atom. The molecule has 1 fully saturated rings. The number of benzene rings is 2. The van der Waals surface area contributed by atoms with E-state index in [0.717, 1.165) is 22.4 Å². The summed E-state index contributed by atoms with van der Waals surface area (Å²) in [6.07, 6.45) is 3.33. The van der Waals surface area contributed by atoms with Crippen LogP contribution in [-0.2, 0) is 16.1 Å². The fourth-order valence-corrected chi connectivity index (χ4v) is 3.90. The molecule has 0 radical (unpaired) electrons. The number of carbonyl (C=O) groups is 2. The molecule has 0 aliphatic carbocycles. The molecule has 0 spiro atoms. The van der Waals surface area contributed by atoms with Gasteiger partial charge in [-0.1, -0.05) is 48.0 Å². The number of pyridine rings is 1. The van der Waals surface area contributed by atoms with Crippen molar-refractivity contribution in [2.75, 3.05) is 19.0 Å². The Bertz CT molecular complexity index is 1170. The van der Waals surface area contributed by atoms with E-state index in [1.165, 1.54) is 4.90 Å². The fourth-order valence-electron chi connectivity index (χ4n) is 3.90. The fraction of sp³-hybridized carbons (Fsp3) is 0.192. The second kappa shape index (κ2) is 8.67. The summed E-state index contributed by atoms with van der Waals surface area (Å²) in [5.74, 6) is -1.49. The standard InChI is InChI=1S/C26H25N3O3/c1-17-6-8-20(9-7-17)24(30)22-23(19-10-12-21(13-11-19)28(2)3)29(26(32)25(22)31)16-18-5-4-14-27-15-18/h4-15,23,30H,16H2,1-3H3/b24-22-. The van der Waals surface area contributed by atoms with E-state index in [0.29, 0.717) is 5.56 Å². The van der Waals surface area contributed by atoms with Crippen LogP contribution in [0.5, 0.6) is 0 Å². The Hall–Kier alpha value is -3.93. The van der Waals surface area contributed by atoms with Crippen molar-refractivity contribution in [1.29, 1.82) is 0 Å². The maximum Gasteiger partial charge on any atom is 0.295 e. The number of aromatic nitrogens is 1. The topological polar surface area (TPSA) is 73.7 Å². The highest BCUT2D eigenvalue weighted by Gasteiger charge is 2.46. The molecule has 32 heavy (non-hydrogen) atoms. The van der Waals surface area contributed by atoms with Crippen molar-refractivity contribution < 1.29 is 14.7 Å². The Balaban J connectivity index is 1.84. The first-order valence-corrected chi connectivity index (χ1v) is 10.4. The molecule has 1 N–H and O–H groups in total. The van der Waals surface area contributed by atoms with Crippen LogP contribution in [0.3, 0.4) is 0 Å². The van der Waals surface area contributed by atoms with Crippen LogP contribution in [0.15, 0.2) is 78.6 Å². The van der Waals surface area contributed by atoms with Crippen LogP contribution in [0.25, 0.3) is 5.76 Å². The van der Waals surface area contributed by atoms with Gasteiger partial charge in [0.25, 0.3) is 11.7 Å². The molecule has 1 saturated heterocycles. The average Bonchev–Trinajstić information content (AvgIpc) is 3.05. The minimum absolute atomic E-state index is 0.0975. The van der Waals surface area contributed by atoms with Gasteiger partial charge >= 0.3 is 0 Å². The van der Waals surface area contributed by atoms with E-state index < -0.39 is 17.7 Å². The second-order valence-corrected chi connectivity index (χ2v) is 8.14. The Morgan fingerprint density at radius 3 is 2.31 bits per heavy atom. The van der Waals surface area contributed by atoms with Crippen LogP contribution < -0.4 is 4.90 Å². The predicted octanol–water partition coefficient (Wildman–Crippen LogP) is 4.08. The largest absolute Gasteiger partial charge is 0.507 e. The van der Waals surface area contributed by atoms with Gasteiger partial charge in [0.15, 0.2) is 0 Å². The summed E-state index contributed by atoms with van der Waals surface area (Å²) < 4.78 is 0. The third kappa shape index (κ3) is 3.99. The number of aryl methyl sites for hydroxylation is 1. The van der Waals surface area contributed by atoms with Gasteiger partial charge in [0, 0.05) is 44.3 Å². The molecular weight excluding hydrogens is 402 g/mol. The van der Waals surface area contributed by atoms with E-state index in [1.54, 1.807) is 30.6 Å². The van der Waals surface area contributed by atoms with Crippen LogP contribution in [0.4, 0.5) is 5.69 Å². The highest BCUT2D eigenvalue weighted by atomic mass is 16.3. The molecule has 162 valence electrons. The Labute approximate surface area is 187 Å². The van der Waals surface area contributed by atoms with Crippen molar-refractivity contribution in [2.24, 2.45) is 0 Å². The van der Waals surface area contributed by atoms with Gasteiger partial charge in [-0.2, -0.15) is 0 Å². The smallest absolute Gasteiger partial charge is 0.295 e. The lowest BCUT2D eigenvalue weighted by Gasteiger charge is -2.26. The Morgan fingerprint density at radius 1 is 1.03 bits per heavy atom. The molecule has 1 aliphatic heterocycles. The molecular formula is C26H25N3O3. The molecule has 1 aliphatic rings. The SMILES string of the molecule is Cc1ccc(/C(O)=C2/C(=O)C(=O)N(Cc3cccnc3)C2c2ccc(N(C)C)cc2)cc1. The van der Waals surface area contributed by atoms with E-state index in [-0.39, 0.29) is 17.9 Å². The van der Waals surface area contributed by atoms with E-state index >= 15 is 0 Å². The normalized spacial score (nSPS) is 17.6. The van der Waals surface area contributed by atoms with Gasteiger partial charge in [-0.3, -0.25) is 14.6 Å². The molecule has 1 amide bonds. The van der Waals surface area contributed by atoms with Gasteiger partial charge in [0.1, 0.15) is 5.76 Å². The highest BCUT2D eigenvalue weighted by molar-refractivity contribution is 6.46. The number of aliphatic hydroxyl groups is 1. The molecule has 2 aromatic carbocycles. The number of rotatable bonds is 5. The summed E-state index contributed by atoms with van der Waals surface area (Å²) in [7, 11) is 3.89. The van der Waals surface area contributed by atoms with Crippen molar-refractivity contribution in [2.45, 2.75) is 19.5 Å².